The molecule has 3 aromatic rings. The second-order valence-corrected chi connectivity index (χ2v) is 4.07. The van der Waals surface area contributed by atoms with Gasteiger partial charge in [0.05, 0.1) is 6.26 Å². The van der Waals surface area contributed by atoms with Gasteiger partial charge in [0.1, 0.15) is 0 Å². The second kappa shape index (κ2) is 4.86. The van der Waals surface area contributed by atoms with Crippen molar-refractivity contribution in [2.75, 3.05) is 5.32 Å². The van der Waals surface area contributed by atoms with Crippen molar-refractivity contribution < 1.29 is 9.21 Å². The standard InChI is InChI=1S/C15H12N2O2/c18-15(14-7-4-10-19-14)16-12-5-3-6-13(11-12)17-8-1-2-9-17/h1-11H,(H,16,18). The van der Waals surface area contributed by atoms with Crippen LogP contribution in [0.2, 0.25) is 0 Å². The topological polar surface area (TPSA) is 47.2 Å². The number of nitrogens with one attached hydrogen (secondary N) is 1. The van der Waals surface area contributed by atoms with E-state index < -0.39 is 0 Å². The number of carbonyl (C=O) groups is 1. The Balaban J connectivity index is 1.82. The zero-order valence-electron chi connectivity index (χ0n) is 10.1. The maximum absolute atomic E-state index is 11.9. The van der Waals surface area contributed by atoms with Gasteiger partial charge in [-0.05, 0) is 42.5 Å². The summed E-state index contributed by atoms with van der Waals surface area (Å²) in [5.74, 6) is 0.0426. The van der Waals surface area contributed by atoms with Crippen molar-refractivity contribution in [1.29, 1.82) is 0 Å². The molecule has 0 saturated heterocycles. The highest BCUT2D eigenvalue weighted by molar-refractivity contribution is 6.02. The number of hydrogen-bond donors (Lipinski definition) is 1. The van der Waals surface area contributed by atoms with Gasteiger partial charge in [0.15, 0.2) is 5.76 Å². The van der Waals surface area contributed by atoms with E-state index in [1.807, 2.05) is 53.4 Å². The monoisotopic (exact) mass is 252 g/mol. The number of rotatable bonds is 3. The highest BCUT2D eigenvalue weighted by Crippen LogP contribution is 2.16. The van der Waals surface area contributed by atoms with Crippen LogP contribution in [0.1, 0.15) is 10.6 Å². The summed E-state index contributed by atoms with van der Waals surface area (Å²) in [5.41, 5.74) is 1.72. The van der Waals surface area contributed by atoms with Crippen molar-refractivity contribution in [3.8, 4) is 5.69 Å². The van der Waals surface area contributed by atoms with E-state index in [0.717, 1.165) is 11.4 Å². The maximum Gasteiger partial charge on any atom is 0.291 e. The van der Waals surface area contributed by atoms with E-state index in [2.05, 4.69) is 5.32 Å². The van der Waals surface area contributed by atoms with Gasteiger partial charge in [0.25, 0.3) is 5.91 Å². The number of furan rings is 1. The summed E-state index contributed by atoms with van der Waals surface area (Å²) < 4.78 is 7.03. The minimum Gasteiger partial charge on any atom is -0.459 e. The molecule has 2 heterocycles. The summed E-state index contributed by atoms with van der Waals surface area (Å²) in [6, 6.07) is 14.8. The molecule has 0 aliphatic heterocycles. The van der Waals surface area contributed by atoms with Crippen molar-refractivity contribution >= 4 is 11.6 Å². The average Bonchev–Trinajstić information content (AvgIpc) is 3.13. The van der Waals surface area contributed by atoms with Gasteiger partial charge in [-0.3, -0.25) is 4.79 Å². The zero-order chi connectivity index (χ0) is 13.1. The first-order chi connectivity index (χ1) is 9.33. The lowest BCUT2D eigenvalue weighted by atomic mass is 10.2. The fourth-order valence-electron chi connectivity index (χ4n) is 1.85. The normalized spacial score (nSPS) is 10.3. The van der Waals surface area contributed by atoms with Gasteiger partial charge >= 0.3 is 0 Å². The summed E-state index contributed by atoms with van der Waals surface area (Å²) >= 11 is 0. The van der Waals surface area contributed by atoms with E-state index in [9.17, 15) is 4.79 Å². The molecule has 0 bridgehead atoms. The number of nitrogens with zero attached hydrogens (tertiary/aromatic N) is 1. The van der Waals surface area contributed by atoms with E-state index in [0.29, 0.717) is 5.76 Å². The van der Waals surface area contributed by atoms with Crippen molar-refractivity contribution in [2.45, 2.75) is 0 Å². The number of hydrogen-bond acceptors (Lipinski definition) is 2. The molecule has 1 amide bonds. The number of amides is 1. The van der Waals surface area contributed by atoms with Crippen LogP contribution >= 0.6 is 0 Å². The molecular weight excluding hydrogens is 240 g/mol. The van der Waals surface area contributed by atoms with Crippen molar-refractivity contribution in [3.05, 3.63) is 72.9 Å². The number of carbonyl (C=O) groups excluding carboxylic acids is 1. The minimum absolute atomic E-state index is 0.255. The molecule has 0 aliphatic rings. The summed E-state index contributed by atoms with van der Waals surface area (Å²) in [6.45, 7) is 0. The molecule has 0 saturated carbocycles. The average molecular weight is 252 g/mol. The number of aromatic nitrogens is 1. The van der Waals surface area contributed by atoms with Crippen LogP contribution in [0.5, 0.6) is 0 Å². The summed E-state index contributed by atoms with van der Waals surface area (Å²) in [5, 5.41) is 2.80. The molecule has 1 N–H and O–H groups in total. The maximum atomic E-state index is 11.9. The van der Waals surface area contributed by atoms with Gasteiger partial charge in [-0.15, -0.1) is 0 Å². The first-order valence-electron chi connectivity index (χ1n) is 5.91. The molecule has 3 rings (SSSR count). The molecule has 1 aromatic carbocycles. The Labute approximate surface area is 110 Å². The summed E-state index contributed by atoms with van der Waals surface area (Å²) in [7, 11) is 0. The van der Waals surface area contributed by atoms with Crippen LogP contribution < -0.4 is 5.32 Å². The number of benzene rings is 1. The molecule has 0 spiro atoms. The summed E-state index contributed by atoms with van der Waals surface area (Å²) in [6.07, 6.45) is 5.38. The van der Waals surface area contributed by atoms with Crippen LogP contribution in [0.25, 0.3) is 5.69 Å². The van der Waals surface area contributed by atoms with Gasteiger partial charge in [0, 0.05) is 23.8 Å². The SMILES string of the molecule is O=C(Nc1cccc(-n2cccc2)c1)c1ccco1. The van der Waals surface area contributed by atoms with Gasteiger partial charge in [-0.2, -0.15) is 0 Å². The lowest BCUT2D eigenvalue weighted by molar-refractivity contribution is 0.0996. The Bertz CT molecular complexity index is 670. The smallest absolute Gasteiger partial charge is 0.291 e. The van der Waals surface area contributed by atoms with Gasteiger partial charge in [-0.1, -0.05) is 6.07 Å². The van der Waals surface area contributed by atoms with E-state index in [-0.39, 0.29) is 5.91 Å². The highest BCUT2D eigenvalue weighted by atomic mass is 16.3. The fraction of sp³-hybridized carbons (Fsp3) is 0. The Morgan fingerprint density at radius 1 is 1.05 bits per heavy atom. The first kappa shape index (κ1) is 11.3. The minimum atomic E-state index is -0.255. The third-order valence-corrected chi connectivity index (χ3v) is 2.75. The third-order valence-electron chi connectivity index (χ3n) is 2.75. The molecule has 0 aliphatic carbocycles. The van der Waals surface area contributed by atoms with Crippen LogP contribution in [0, 0.1) is 0 Å². The molecule has 19 heavy (non-hydrogen) atoms. The van der Waals surface area contributed by atoms with E-state index in [4.69, 9.17) is 4.42 Å². The predicted octanol–water partition coefficient (Wildman–Crippen LogP) is 3.32. The van der Waals surface area contributed by atoms with Crippen LogP contribution in [-0.2, 0) is 0 Å². The van der Waals surface area contributed by atoms with Gasteiger partial charge < -0.3 is 14.3 Å². The molecule has 94 valence electrons. The molecule has 4 nitrogen and oxygen atoms in total. The van der Waals surface area contributed by atoms with Crippen molar-refractivity contribution in [1.82, 2.24) is 4.57 Å². The summed E-state index contributed by atoms with van der Waals surface area (Å²) in [4.78, 5) is 11.9. The van der Waals surface area contributed by atoms with Crippen LogP contribution in [-0.4, -0.2) is 10.5 Å². The third kappa shape index (κ3) is 2.42. The first-order valence-corrected chi connectivity index (χ1v) is 5.91. The Kier molecular flexibility index (Phi) is 2.90. The number of anilines is 1. The molecule has 0 fully saturated rings. The highest BCUT2D eigenvalue weighted by Gasteiger charge is 2.08. The molecule has 0 atom stereocenters. The lowest BCUT2D eigenvalue weighted by Gasteiger charge is -2.07. The van der Waals surface area contributed by atoms with Crippen LogP contribution in [0.15, 0.2) is 71.6 Å². The molecular formula is C15H12N2O2. The zero-order valence-corrected chi connectivity index (χ0v) is 10.1. The van der Waals surface area contributed by atoms with Gasteiger partial charge in [0.2, 0.25) is 0 Å². The molecule has 4 heteroatoms. The van der Waals surface area contributed by atoms with Gasteiger partial charge in [-0.25, -0.2) is 0 Å². The van der Waals surface area contributed by atoms with Crippen molar-refractivity contribution in [2.24, 2.45) is 0 Å². The Morgan fingerprint density at radius 2 is 1.89 bits per heavy atom. The van der Waals surface area contributed by atoms with E-state index in [1.165, 1.54) is 6.26 Å². The largest absolute Gasteiger partial charge is 0.459 e. The van der Waals surface area contributed by atoms with E-state index >= 15 is 0 Å². The van der Waals surface area contributed by atoms with Crippen LogP contribution in [0.4, 0.5) is 5.69 Å². The molecule has 0 radical (unpaired) electrons. The quantitative estimate of drug-likeness (QED) is 0.777. The predicted molar refractivity (Wildman–Crippen MR) is 72.4 cm³/mol. The van der Waals surface area contributed by atoms with E-state index in [1.54, 1.807) is 12.1 Å². The molecule has 2 aromatic heterocycles. The Hall–Kier alpha value is -2.75. The van der Waals surface area contributed by atoms with Crippen LogP contribution in [0.3, 0.4) is 0 Å². The van der Waals surface area contributed by atoms with Crippen molar-refractivity contribution in [3.63, 3.8) is 0 Å². The lowest BCUT2D eigenvalue weighted by Crippen LogP contribution is -2.10. The second-order valence-electron chi connectivity index (χ2n) is 4.07. The Morgan fingerprint density at radius 3 is 2.63 bits per heavy atom. The fourth-order valence-corrected chi connectivity index (χ4v) is 1.85. The molecule has 0 unspecified atom stereocenters.